The number of rotatable bonds is 4. The summed E-state index contributed by atoms with van der Waals surface area (Å²) in [6, 6.07) is 7.28. The van der Waals surface area contributed by atoms with Gasteiger partial charge >= 0.3 is 0 Å². The molecule has 0 saturated carbocycles. The third-order valence-electron chi connectivity index (χ3n) is 3.21. The fraction of sp³-hybridized carbons (Fsp3) is 0.400. The monoisotopic (exact) mass is 305 g/mol. The Hall–Kier alpha value is -1.82. The van der Waals surface area contributed by atoms with E-state index in [0.29, 0.717) is 22.6 Å². The molecule has 6 heteroatoms. The maximum Gasteiger partial charge on any atom is 0.262 e. The lowest BCUT2D eigenvalue weighted by Crippen LogP contribution is -2.31. The quantitative estimate of drug-likeness (QED) is 0.640. The van der Waals surface area contributed by atoms with Crippen molar-refractivity contribution in [2.45, 2.75) is 30.8 Å². The first-order valence-electron chi connectivity index (χ1n) is 6.83. The van der Waals surface area contributed by atoms with Crippen molar-refractivity contribution >= 4 is 28.6 Å². The lowest BCUT2D eigenvalue weighted by molar-refractivity contribution is -0.127. The minimum Gasteiger partial charge on any atom is -0.348 e. The van der Waals surface area contributed by atoms with Crippen LogP contribution in [-0.4, -0.2) is 39.7 Å². The minimum absolute atomic E-state index is 0.00469. The van der Waals surface area contributed by atoms with Crippen LogP contribution in [0.2, 0.25) is 0 Å². The van der Waals surface area contributed by atoms with Gasteiger partial charge in [0.25, 0.3) is 5.56 Å². The maximum atomic E-state index is 12.5. The van der Waals surface area contributed by atoms with Gasteiger partial charge in [0, 0.05) is 20.6 Å². The number of amides is 1. The molecule has 2 aromatic rings. The number of aromatic nitrogens is 2. The van der Waals surface area contributed by atoms with E-state index < -0.39 is 0 Å². The van der Waals surface area contributed by atoms with Gasteiger partial charge in [0.15, 0.2) is 5.16 Å². The number of fused-ring (bicyclic) bond motifs is 1. The van der Waals surface area contributed by atoms with Crippen LogP contribution < -0.4 is 5.56 Å². The fourth-order valence-electron chi connectivity index (χ4n) is 2.09. The number of carbonyl (C=O) groups is 1. The summed E-state index contributed by atoms with van der Waals surface area (Å²) in [7, 11) is 3.44. The summed E-state index contributed by atoms with van der Waals surface area (Å²) in [6.45, 7) is 4.26. The topological polar surface area (TPSA) is 55.2 Å². The molecule has 0 aliphatic rings. The van der Waals surface area contributed by atoms with Gasteiger partial charge in [-0.1, -0.05) is 23.9 Å². The number of hydrogen-bond donors (Lipinski definition) is 0. The molecule has 1 heterocycles. The van der Waals surface area contributed by atoms with Crippen LogP contribution in [0, 0.1) is 0 Å². The standard InChI is InChI=1S/C15H19N3O2S/c1-5-18-14(20)11-8-6-7-9-12(11)16-15(18)21-10(2)13(19)17(3)4/h6-10H,5H2,1-4H3/t10-/m0/s1. The third kappa shape index (κ3) is 3.10. The number of benzene rings is 1. The summed E-state index contributed by atoms with van der Waals surface area (Å²) >= 11 is 1.32. The Kier molecular flexibility index (Phi) is 4.67. The van der Waals surface area contributed by atoms with Crippen molar-refractivity contribution in [2.75, 3.05) is 14.1 Å². The average molecular weight is 305 g/mol. The first-order chi connectivity index (χ1) is 9.95. The lowest BCUT2D eigenvalue weighted by Gasteiger charge is -2.18. The van der Waals surface area contributed by atoms with Gasteiger partial charge in [-0.3, -0.25) is 14.2 Å². The Labute approximate surface area is 128 Å². The van der Waals surface area contributed by atoms with E-state index in [-0.39, 0.29) is 16.7 Å². The van der Waals surface area contributed by atoms with Crippen LogP contribution >= 0.6 is 11.8 Å². The molecule has 0 aliphatic carbocycles. The Morgan fingerprint density at radius 2 is 2.05 bits per heavy atom. The smallest absolute Gasteiger partial charge is 0.262 e. The highest BCUT2D eigenvalue weighted by Gasteiger charge is 2.19. The van der Waals surface area contributed by atoms with Gasteiger partial charge in [-0.05, 0) is 26.0 Å². The number of para-hydroxylation sites is 1. The summed E-state index contributed by atoms with van der Waals surface area (Å²) in [4.78, 5) is 30.6. The molecule has 0 spiro atoms. The molecule has 21 heavy (non-hydrogen) atoms. The summed E-state index contributed by atoms with van der Waals surface area (Å²) in [5, 5.41) is 0.907. The van der Waals surface area contributed by atoms with Gasteiger partial charge < -0.3 is 4.90 Å². The van der Waals surface area contributed by atoms with E-state index in [1.54, 1.807) is 29.6 Å². The molecule has 1 atom stereocenters. The summed E-state index contributed by atoms with van der Waals surface area (Å²) in [6.07, 6.45) is 0. The molecule has 0 aliphatic heterocycles. The molecule has 0 N–H and O–H groups in total. The average Bonchev–Trinajstić information content (AvgIpc) is 2.46. The number of carbonyl (C=O) groups excluding carboxylic acids is 1. The van der Waals surface area contributed by atoms with Crippen LogP contribution in [0.25, 0.3) is 10.9 Å². The molecule has 0 radical (unpaired) electrons. The number of nitrogens with zero attached hydrogens (tertiary/aromatic N) is 3. The van der Waals surface area contributed by atoms with Crippen molar-refractivity contribution in [1.82, 2.24) is 14.5 Å². The van der Waals surface area contributed by atoms with Crippen molar-refractivity contribution < 1.29 is 4.79 Å². The third-order valence-corrected chi connectivity index (χ3v) is 4.29. The largest absolute Gasteiger partial charge is 0.348 e. The van der Waals surface area contributed by atoms with Crippen LogP contribution in [0.1, 0.15) is 13.8 Å². The molecule has 0 fully saturated rings. The highest BCUT2D eigenvalue weighted by atomic mass is 32.2. The first-order valence-corrected chi connectivity index (χ1v) is 7.71. The van der Waals surface area contributed by atoms with Gasteiger partial charge in [0.05, 0.1) is 16.2 Å². The lowest BCUT2D eigenvalue weighted by atomic mass is 10.2. The summed E-state index contributed by atoms with van der Waals surface area (Å²) < 4.78 is 1.62. The second kappa shape index (κ2) is 6.30. The van der Waals surface area contributed by atoms with Crippen LogP contribution in [-0.2, 0) is 11.3 Å². The van der Waals surface area contributed by atoms with E-state index >= 15 is 0 Å². The molecule has 5 nitrogen and oxygen atoms in total. The van der Waals surface area contributed by atoms with Crippen molar-refractivity contribution in [3.8, 4) is 0 Å². The Bertz CT molecular complexity index is 724. The molecule has 0 unspecified atom stereocenters. The van der Waals surface area contributed by atoms with Crippen molar-refractivity contribution in [2.24, 2.45) is 0 Å². The normalized spacial score (nSPS) is 12.4. The second-order valence-electron chi connectivity index (χ2n) is 4.95. The molecule has 1 aromatic heterocycles. The second-order valence-corrected chi connectivity index (χ2v) is 6.26. The van der Waals surface area contributed by atoms with Gasteiger partial charge in [-0.2, -0.15) is 0 Å². The molecule has 0 bridgehead atoms. The zero-order chi connectivity index (χ0) is 15.6. The molecule has 1 aromatic carbocycles. The van der Waals surface area contributed by atoms with E-state index in [2.05, 4.69) is 4.98 Å². The molecule has 1 amide bonds. The molecular weight excluding hydrogens is 286 g/mol. The van der Waals surface area contributed by atoms with E-state index in [9.17, 15) is 9.59 Å². The minimum atomic E-state index is -0.286. The van der Waals surface area contributed by atoms with Crippen molar-refractivity contribution in [3.63, 3.8) is 0 Å². The highest BCUT2D eigenvalue weighted by molar-refractivity contribution is 8.00. The van der Waals surface area contributed by atoms with Gasteiger partial charge in [-0.15, -0.1) is 0 Å². The van der Waals surface area contributed by atoms with E-state index in [1.807, 2.05) is 32.0 Å². The van der Waals surface area contributed by atoms with Gasteiger partial charge in [-0.25, -0.2) is 4.98 Å². The Balaban J connectivity index is 2.48. The van der Waals surface area contributed by atoms with Crippen molar-refractivity contribution in [3.05, 3.63) is 34.6 Å². The van der Waals surface area contributed by atoms with Crippen LogP contribution in [0.4, 0.5) is 0 Å². The van der Waals surface area contributed by atoms with E-state index in [1.165, 1.54) is 11.8 Å². The van der Waals surface area contributed by atoms with Crippen molar-refractivity contribution in [1.29, 1.82) is 0 Å². The Morgan fingerprint density at radius 1 is 1.38 bits per heavy atom. The van der Waals surface area contributed by atoms with Crippen LogP contribution in [0.5, 0.6) is 0 Å². The predicted octanol–water partition coefficient (Wildman–Crippen LogP) is 1.99. The maximum absolute atomic E-state index is 12.5. The molecular formula is C15H19N3O2S. The van der Waals surface area contributed by atoms with Crippen LogP contribution in [0.3, 0.4) is 0 Å². The predicted molar refractivity (Wildman–Crippen MR) is 85.7 cm³/mol. The number of hydrogen-bond acceptors (Lipinski definition) is 4. The molecule has 0 saturated heterocycles. The zero-order valence-electron chi connectivity index (χ0n) is 12.7. The van der Waals surface area contributed by atoms with E-state index in [0.717, 1.165) is 0 Å². The molecule has 2 rings (SSSR count). The number of thioether (sulfide) groups is 1. The van der Waals surface area contributed by atoms with E-state index in [4.69, 9.17) is 0 Å². The molecule has 112 valence electrons. The SMILES string of the molecule is CCn1c(S[C@@H](C)C(=O)N(C)C)nc2ccccc2c1=O. The summed E-state index contributed by atoms with van der Waals surface area (Å²) in [5.74, 6) is 0.00469. The first kappa shape index (κ1) is 15.6. The van der Waals surface area contributed by atoms with Gasteiger partial charge in [0.1, 0.15) is 0 Å². The zero-order valence-corrected chi connectivity index (χ0v) is 13.5. The highest BCUT2D eigenvalue weighted by Crippen LogP contribution is 2.23. The Morgan fingerprint density at radius 3 is 2.67 bits per heavy atom. The van der Waals surface area contributed by atoms with Gasteiger partial charge in [0.2, 0.25) is 5.91 Å². The fourth-order valence-corrected chi connectivity index (χ4v) is 3.21. The summed E-state index contributed by atoms with van der Waals surface area (Å²) in [5.41, 5.74) is 0.606. The van der Waals surface area contributed by atoms with Crippen LogP contribution in [0.15, 0.2) is 34.2 Å².